The van der Waals surface area contributed by atoms with Crippen molar-refractivity contribution in [1.82, 2.24) is 10.3 Å². The Kier molecular flexibility index (Phi) is 5.71. The van der Waals surface area contributed by atoms with Crippen LogP contribution in [0.4, 0.5) is 0 Å². The molecule has 0 spiro atoms. The highest BCUT2D eigenvalue weighted by Crippen LogP contribution is 2.19. The molecule has 1 heterocycles. The van der Waals surface area contributed by atoms with Gasteiger partial charge in [0.2, 0.25) is 0 Å². The maximum atomic E-state index is 4.27. The molecule has 0 atom stereocenters. The average molecular weight is 323 g/mol. The second-order valence-electron chi connectivity index (χ2n) is 3.80. The van der Waals surface area contributed by atoms with Crippen LogP contribution in [0.1, 0.15) is 5.69 Å². The Morgan fingerprint density at radius 1 is 1.11 bits per heavy atom. The number of halogens is 1. The van der Waals surface area contributed by atoms with Crippen molar-refractivity contribution in [3.8, 4) is 0 Å². The predicted octanol–water partition coefficient (Wildman–Crippen LogP) is 3.73. The molecule has 1 aromatic carbocycles. The van der Waals surface area contributed by atoms with Gasteiger partial charge in [-0.25, -0.2) is 0 Å². The number of rotatable bonds is 6. The molecule has 2 aromatic rings. The summed E-state index contributed by atoms with van der Waals surface area (Å²) in [4.78, 5) is 5.57. The minimum atomic E-state index is 0.835. The molecule has 0 unspecified atom stereocenters. The van der Waals surface area contributed by atoms with E-state index in [0.717, 1.165) is 29.0 Å². The van der Waals surface area contributed by atoms with Gasteiger partial charge in [-0.2, -0.15) is 0 Å². The van der Waals surface area contributed by atoms with E-state index in [0.29, 0.717) is 0 Å². The molecule has 0 amide bonds. The number of pyridine rings is 1. The van der Waals surface area contributed by atoms with Crippen molar-refractivity contribution in [3.05, 3.63) is 58.8 Å². The van der Waals surface area contributed by atoms with Gasteiger partial charge in [0.15, 0.2) is 0 Å². The number of benzene rings is 1. The van der Waals surface area contributed by atoms with E-state index < -0.39 is 0 Å². The lowest BCUT2D eigenvalue weighted by Crippen LogP contribution is -2.17. The molecule has 0 saturated carbocycles. The molecule has 1 N–H and O–H groups in total. The third-order valence-corrected chi connectivity index (χ3v) is 3.94. The van der Waals surface area contributed by atoms with E-state index in [4.69, 9.17) is 0 Å². The van der Waals surface area contributed by atoms with Crippen LogP contribution in [0.2, 0.25) is 0 Å². The number of aromatic nitrogens is 1. The monoisotopic (exact) mass is 322 g/mol. The summed E-state index contributed by atoms with van der Waals surface area (Å²) < 4.78 is 1.13. The van der Waals surface area contributed by atoms with Crippen molar-refractivity contribution in [1.29, 1.82) is 0 Å². The van der Waals surface area contributed by atoms with Crippen LogP contribution < -0.4 is 5.32 Å². The van der Waals surface area contributed by atoms with Gasteiger partial charge in [-0.3, -0.25) is 4.98 Å². The zero-order valence-electron chi connectivity index (χ0n) is 9.97. The van der Waals surface area contributed by atoms with Crippen LogP contribution in [-0.4, -0.2) is 17.3 Å². The number of nitrogens with zero attached hydrogens (tertiary/aromatic N) is 1. The van der Waals surface area contributed by atoms with E-state index in [9.17, 15) is 0 Å². The Morgan fingerprint density at radius 3 is 2.67 bits per heavy atom. The molecule has 0 fully saturated rings. The summed E-state index contributed by atoms with van der Waals surface area (Å²) in [5.74, 6) is 1.06. The fourth-order valence-electron chi connectivity index (χ4n) is 1.49. The topological polar surface area (TPSA) is 24.9 Å². The van der Waals surface area contributed by atoms with Gasteiger partial charge in [0, 0.05) is 34.4 Å². The summed E-state index contributed by atoms with van der Waals surface area (Å²) in [6.45, 7) is 1.82. The molecule has 0 saturated heterocycles. The van der Waals surface area contributed by atoms with Crippen molar-refractivity contribution in [2.45, 2.75) is 11.4 Å². The normalized spacial score (nSPS) is 10.5. The average Bonchev–Trinajstić information content (AvgIpc) is 2.42. The van der Waals surface area contributed by atoms with Gasteiger partial charge in [0.05, 0.1) is 5.69 Å². The summed E-state index contributed by atoms with van der Waals surface area (Å²) in [6, 6.07) is 14.4. The summed E-state index contributed by atoms with van der Waals surface area (Å²) in [6.07, 6.45) is 1.83. The first kappa shape index (κ1) is 13.6. The standard InChI is InChI=1S/C14H15BrN2S/c15-12-4-6-14(7-5-12)18-10-9-16-11-13-3-1-2-8-17-13/h1-8,16H,9-11H2. The fourth-order valence-corrected chi connectivity index (χ4v) is 2.57. The van der Waals surface area contributed by atoms with Gasteiger partial charge < -0.3 is 5.32 Å². The number of hydrogen-bond donors (Lipinski definition) is 1. The quantitative estimate of drug-likeness (QED) is 0.648. The minimum absolute atomic E-state index is 0.835. The summed E-state index contributed by atoms with van der Waals surface area (Å²) in [7, 11) is 0. The van der Waals surface area contributed by atoms with Gasteiger partial charge in [0.25, 0.3) is 0 Å². The summed E-state index contributed by atoms with van der Waals surface area (Å²) in [5, 5.41) is 3.39. The van der Waals surface area contributed by atoms with Crippen LogP contribution in [0.5, 0.6) is 0 Å². The van der Waals surface area contributed by atoms with E-state index in [1.807, 2.05) is 36.2 Å². The summed E-state index contributed by atoms with van der Waals surface area (Å²) >= 11 is 5.30. The Balaban J connectivity index is 1.63. The highest BCUT2D eigenvalue weighted by Gasteiger charge is 1.95. The maximum Gasteiger partial charge on any atom is 0.0541 e. The van der Waals surface area contributed by atoms with Gasteiger partial charge >= 0.3 is 0 Å². The van der Waals surface area contributed by atoms with Crippen LogP contribution in [0.25, 0.3) is 0 Å². The lowest BCUT2D eigenvalue weighted by Gasteiger charge is -2.04. The maximum absolute atomic E-state index is 4.27. The van der Waals surface area contributed by atoms with Crippen LogP contribution in [0.15, 0.2) is 58.0 Å². The SMILES string of the molecule is Brc1ccc(SCCNCc2ccccn2)cc1. The molecule has 0 aliphatic rings. The molecule has 0 radical (unpaired) electrons. The number of thioether (sulfide) groups is 1. The van der Waals surface area contributed by atoms with Crippen molar-refractivity contribution in [3.63, 3.8) is 0 Å². The van der Waals surface area contributed by atoms with Crippen molar-refractivity contribution >= 4 is 27.7 Å². The number of nitrogens with one attached hydrogen (secondary N) is 1. The highest BCUT2D eigenvalue weighted by molar-refractivity contribution is 9.10. The molecule has 94 valence electrons. The zero-order valence-corrected chi connectivity index (χ0v) is 12.4. The van der Waals surface area contributed by atoms with E-state index in [1.165, 1.54) is 4.90 Å². The van der Waals surface area contributed by atoms with Gasteiger partial charge in [-0.05, 0) is 36.4 Å². The van der Waals surface area contributed by atoms with E-state index in [2.05, 4.69) is 50.5 Å². The van der Waals surface area contributed by atoms with Gasteiger partial charge in [-0.15, -0.1) is 11.8 Å². The first-order valence-electron chi connectivity index (χ1n) is 5.83. The van der Waals surface area contributed by atoms with Crippen molar-refractivity contribution < 1.29 is 0 Å². The first-order chi connectivity index (χ1) is 8.84. The van der Waals surface area contributed by atoms with Crippen LogP contribution in [-0.2, 0) is 6.54 Å². The molecule has 4 heteroatoms. The molecule has 2 rings (SSSR count). The first-order valence-corrected chi connectivity index (χ1v) is 7.61. The smallest absolute Gasteiger partial charge is 0.0541 e. The molecular formula is C14H15BrN2S. The largest absolute Gasteiger partial charge is 0.310 e. The summed E-state index contributed by atoms with van der Waals surface area (Å²) in [5.41, 5.74) is 1.09. The Labute approximate surface area is 120 Å². The molecule has 0 aliphatic heterocycles. The Morgan fingerprint density at radius 2 is 1.94 bits per heavy atom. The van der Waals surface area contributed by atoms with E-state index in [-0.39, 0.29) is 0 Å². The third-order valence-electron chi connectivity index (χ3n) is 2.39. The number of hydrogen-bond acceptors (Lipinski definition) is 3. The molecule has 1 aromatic heterocycles. The lowest BCUT2D eigenvalue weighted by atomic mass is 10.3. The molecule has 0 bridgehead atoms. The predicted molar refractivity (Wildman–Crippen MR) is 80.8 cm³/mol. The second-order valence-corrected chi connectivity index (χ2v) is 5.88. The van der Waals surface area contributed by atoms with Gasteiger partial charge in [0.1, 0.15) is 0 Å². The minimum Gasteiger partial charge on any atom is -0.310 e. The highest BCUT2D eigenvalue weighted by atomic mass is 79.9. The lowest BCUT2D eigenvalue weighted by molar-refractivity contribution is 0.715. The Hall–Kier alpha value is -0.840. The van der Waals surface area contributed by atoms with Gasteiger partial charge in [-0.1, -0.05) is 22.0 Å². The van der Waals surface area contributed by atoms with E-state index >= 15 is 0 Å². The molecular weight excluding hydrogens is 308 g/mol. The van der Waals surface area contributed by atoms with E-state index in [1.54, 1.807) is 0 Å². The third kappa shape index (κ3) is 4.80. The van der Waals surface area contributed by atoms with Crippen LogP contribution >= 0.6 is 27.7 Å². The fraction of sp³-hybridized carbons (Fsp3) is 0.214. The molecule has 0 aliphatic carbocycles. The molecule has 18 heavy (non-hydrogen) atoms. The van der Waals surface area contributed by atoms with Crippen molar-refractivity contribution in [2.24, 2.45) is 0 Å². The molecule has 2 nitrogen and oxygen atoms in total. The Bertz CT molecular complexity index is 459. The van der Waals surface area contributed by atoms with Crippen LogP contribution in [0.3, 0.4) is 0 Å². The van der Waals surface area contributed by atoms with Crippen molar-refractivity contribution in [2.75, 3.05) is 12.3 Å². The zero-order chi connectivity index (χ0) is 12.6. The van der Waals surface area contributed by atoms with Crippen LogP contribution in [0, 0.1) is 0 Å². The second kappa shape index (κ2) is 7.56.